The molecule has 1 saturated carbocycles. The smallest absolute Gasteiger partial charge is 0.321 e. The van der Waals surface area contributed by atoms with Gasteiger partial charge in [-0.3, -0.25) is 19.1 Å². The standard InChI is InChI=1S/C32H40N4O3/c37-31-27-13-7-8-14-29(27)33-22-36(31)26-15-17-34(18-16-26)19-25-20-35(21-28(25)23-9-3-1-4-10-23)30(32(38)39)24-11-5-2-6-12-24/h1,3-4,7-10,13-14,22,24-26,28,30H,2,5-6,11-12,15-21H2,(H,38,39)/t25-,28+,30+/m0/s1. The Kier molecular flexibility index (Phi) is 7.80. The SMILES string of the molecule is O=C(O)[C@@H](C1CCCCC1)N1C[C@H](CN2CCC(n3cnc4ccccc4c3=O)CC2)[C@@H](c2ccccc2)C1. The molecule has 1 aromatic heterocycles. The normalized spacial score (nSPS) is 24.7. The largest absolute Gasteiger partial charge is 0.480 e. The number of likely N-dealkylation sites (tertiary alicyclic amines) is 2. The molecule has 39 heavy (non-hydrogen) atoms. The van der Waals surface area contributed by atoms with Gasteiger partial charge in [-0.1, -0.05) is 61.7 Å². The number of piperidine rings is 1. The summed E-state index contributed by atoms with van der Waals surface area (Å²) < 4.78 is 1.84. The van der Waals surface area contributed by atoms with Gasteiger partial charge in [0.2, 0.25) is 0 Å². The second kappa shape index (κ2) is 11.6. The fourth-order valence-corrected chi connectivity index (χ4v) is 7.56. The number of para-hydroxylation sites is 1. The van der Waals surface area contributed by atoms with Crippen molar-refractivity contribution in [1.82, 2.24) is 19.4 Å². The average molecular weight is 529 g/mol. The van der Waals surface area contributed by atoms with Gasteiger partial charge in [0.1, 0.15) is 6.04 Å². The second-order valence-electron chi connectivity index (χ2n) is 11.9. The van der Waals surface area contributed by atoms with E-state index in [1.54, 1.807) is 6.33 Å². The molecule has 2 saturated heterocycles. The lowest BCUT2D eigenvalue weighted by Crippen LogP contribution is -2.46. The van der Waals surface area contributed by atoms with Crippen molar-refractivity contribution in [3.05, 3.63) is 76.8 Å². The van der Waals surface area contributed by atoms with Crippen LogP contribution in [-0.2, 0) is 4.79 Å². The van der Waals surface area contributed by atoms with Crippen LogP contribution >= 0.6 is 0 Å². The molecule has 1 aliphatic carbocycles. The highest BCUT2D eigenvalue weighted by molar-refractivity contribution is 5.77. The van der Waals surface area contributed by atoms with Crippen LogP contribution < -0.4 is 5.56 Å². The Balaban J connectivity index is 1.16. The molecule has 3 atom stereocenters. The number of carboxylic acid groups (broad SMARTS) is 1. The van der Waals surface area contributed by atoms with Gasteiger partial charge in [-0.25, -0.2) is 4.98 Å². The van der Waals surface area contributed by atoms with Crippen molar-refractivity contribution in [3.8, 4) is 0 Å². The van der Waals surface area contributed by atoms with Gasteiger partial charge in [-0.05, 0) is 55.2 Å². The lowest BCUT2D eigenvalue weighted by molar-refractivity contribution is -0.145. The molecule has 6 rings (SSSR count). The van der Waals surface area contributed by atoms with Crippen molar-refractivity contribution in [3.63, 3.8) is 0 Å². The number of rotatable bonds is 7. The predicted octanol–water partition coefficient (Wildman–Crippen LogP) is 4.78. The van der Waals surface area contributed by atoms with Crippen LogP contribution in [-0.4, -0.2) is 69.2 Å². The molecule has 2 aromatic carbocycles. The molecule has 3 fully saturated rings. The molecule has 2 aliphatic heterocycles. The summed E-state index contributed by atoms with van der Waals surface area (Å²) in [4.78, 5) is 35.0. The molecule has 7 nitrogen and oxygen atoms in total. The number of aliphatic carboxylic acids is 1. The van der Waals surface area contributed by atoms with E-state index < -0.39 is 5.97 Å². The summed E-state index contributed by atoms with van der Waals surface area (Å²) in [6, 6.07) is 18.0. The molecule has 7 heteroatoms. The van der Waals surface area contributed by atoms with Crippen LogP contribution in [0.3, 0.4) is 0 Å². The first kappa shape index (κ1) is 26.2. The van der Waals surface area contributed by atoms with E-state index in [1.807, 2.05) is 28.8 Å². The van der Waals surface area contributed by atoms with Crippen LogP contribution in [0.15, 0.2) is 65.7 Å². The Morgan fingerprint density at radius 1 is 0.923 bits per heavy atom. The molecule has 1 N–H and O–H groups in total. The maximum Gasteiger partial charge on any atom is 0.321 e. The van der Waals surface area contributed by atoms with Crippen LogP contribution in [0, 0.1) is 11.8 Å². The summed E-state index contributed by atoms with van der Waals surface area (Å²) in [6.07, 6.45) is 9.17. The quantitative estimate of drug-likeness (QED) is 0.476. The van der Waals surface area contributed by atoms with Gasteiger partial charge in [0, 0.05) is 44.7 Å². The summed E-state index contributed by atoms with van der Waals surface area (Å²) in [5.74, 6) is 0.335. The van der Waals surface area contributed by atoms with E-state index in [1.165, 1.54) is 12.0 Å². The van der Waals surface area contributed by atoms with E-state index in [0.717, 1.165) is 76.8 Å². The summed E-state index contributed by atoms with van der Waals surface area (Å²) >= 11 is 0. The topological polar surface area (TPSA) is 78.7 Å². The number of hydrogen-bond donors (Lipinski definition) is 1. The molecule has 3 heterocycles. The van der Waals surface area contributed by atoms with Crippen LogP contribution in [0.5, 0.6) is 0 Å². The third-order valence-corrected chi connectivity index (χ3v) is 9.57. The first-order valence-corrected chi connectivity index (χ1v) is 14.8. The zero-order valence-corrected chi connectivity index (χ0v) is 22.7. The van der Waals surface area contributed by atoms with Crippen molar-refractivity contribution in [1.29, 1.82) is 0 Å². The fraction of sp³-hybridized carbons (Fsp3) is 0.531. The van der Waals surface area contributed by atoms with E-state index in [-0.39, 0.29) is 23.6 Å². The average Bonchev–Trinajstić information content (AvgIpc) is 3.37. The minimum Gasteiger partial charge on any atom is -0.480 e. The number of benzene rings is 2. The highest BCUT2D eigenvalue weighted by Gasteiger charge is 2.43. The summed E-state index contributed by atoms with van der Waals surface area (Å²) in [7, 11) is 0. The van der Waals surface area contributed by atoms with Crippen LogP contribution in [0.25, 0.3) is 10.9 Å². The van der Waals surface area contributed by atoms with Crippen molar-refractivity contribution < 1.29 is 9.90 Å². The van der Waals surface area contributed by atoms with Gasteiger partial charge in [0.15, 0.2) is 0 Å². The Morgan fingerprint density at radius 3 is 2.38 bits per heavy atom. The Morgan fingerprint density at radius 2 is 1.64 bits per heavy atom. The van der Waals surface area contributed by atoms with E-state index in [2.05, 4.69) is 45.1 Å². The minimum absolute atomic E-state index is 0.0528. The Bertz CT molecular complexity index is 1330. The molecule has 3 aromatic rings. The van der Waals surface area contributed by atoms with Gasteiger partial charge in [0.25, 0.3) is 5.56 Å². The van der Waals surface area contributed by atoms with Crippen molar-refractivity contribution in [2.75, 3.05) is 32.7 Å². The number of carboxylic acids is 1. The van der Waals surface area contributed by atoms with Gasteiger partial charge >= 0.3 is 5.97 Å². The molecular formula is C32H40N4O3. The minimum atomic E-state index is -0.649. The van der Waals surface area contributed by atoms with Gasteiger partial charge < -0.3 is 10.0 Å². The molecule has 206 valence electrons. The molecule has 0 spiro atoms. The number of nitrogens with zero attached hydrogens (tertiary/aromatic N) is 4. The third-order valence-electron chi connectivity index (χ3n) is 9.57. The first-order valence-electron chi connectivity index (χ1n) is 14.8. The molecular weight excluding hydrogens is 488 g/mol. The van der Waals surface area contributed by atoms with Crippen molar-refractivity contribution >= 4 is 16.9 Å². The predicted molar refractivity (Wildman–Crippen MR) is 153 cm³/mol. The van der Waals surface area contributed by atoms with Gasteiger partial charge in [-0.15, -0.1) is 0 Å². The van der Waals surface area contributed by atoms with E-state index >= 15 is 0 Å². The lowest BCUT2D eigenvalue weighted by Gasteiger charge is -2.35. The Labute approximate surface area is 230 Å². The van der Waals surface area contributed by atoms with Crippen LogP contribution in [0.4, 0.5) is 0 Å². The first-order chi connectivity index (χ1) is 19.1. The molecule has 0 radical (unpaired) electrons. The fourth-order valence-electron chi connectivity index (χ4n) is 7.56. The Hall–Kier alpha value is -3.03. The van der Waals surface area contributed by atoms with E-state index in [4.69, 9.17) is 0 Å². The van der Waals surface area contributed by atoms with Gasteiger partial charge in [0.05, 0.1) is 17.2 Å². The number of carbonyl (C=O) groups is 1. The van der Waals surface area contributed by atoms with Crippen LogP contribution in [0.1, 0.15) is 62.5 Å². The summed E-state index contributed by atoms with van der Waals surface area (Å²) in [5, 5.41) is 11.0. The molecule has 0 amide bonds. The van der Waals surface area contributed by atoms with Crippen LogP contribution in [0.2, 0.25) is 0 Å². The zero-order valence-electron chi connectivity index (χ0n) is 22.7. The highest BCUT2D eigenvalue weighted by Crippen LogP contribution is 2.38. The molecule has 0 bridgehead atoms. The lowest BCUT2D eigenvalue weighted by atomic mass is 9.83. The van der Waals surface area contributed by atoms with Crippen molar-refractivity contribution in [2.45, 2.75) is 62.9 Å². The third kappa shape index (κ3) is 5.52. The molecule has 3 aliphatic rings. The highest BCUT2D eigenvalue weighted by atomic mass is 16.4. The zero-order chi connectivity index (χ0) is 26.8. The number of fused-ring (bicyclic) bond motifs is 1. The summed E-state index contributed by atoms with van der Waals surface area (Å²) in [5.41, 5.74) is 2.13. The number of aromatic nitrogens is 2. The van der Waals surface area contributed by atoms with E-state index in [9.17, 15) is 14.7 Å². The maximum atomic E-state index is 13.1. The maximum absolute atomic E-state index is 13.1. The van der Waals surface area contributed by atoms with Crippen molar-refractivity contribution in [2.24, 2.45) is 11.8 Å². The molecule has 0 unspecified atom stereocenters. The number of hydrogen-bond acceptors (Lipinski definition) is 5. The monoisotopic (exact) mass is 528 g/mol. The van der Waals surface area contributed by atoms with E-state index in [0.29, 0.717) is 17.2 Å². The second-order valence-corrected chi connectivity index (χ2v) is 11.9. The summed E-state index contributed by atoms with van der Waals surface area (Å²) in [6.45, 7) is 4.49. The van der Waals surface area contributed by atoms with Gasteiger partial charge in [-0.2, -0.15) is 0 Å².